The van der Waals surface area contributed by atoms with Crippen molar-refractivity contribution >= 4 is 12.2 Å². The molecule has 2 aromatic rings. The van der Waals surface area contributed by atoms with Gasteiger partial charge < -0.3 is 19.7 Å². The summed E-state index contributed by atoms with van der Waals surface area (Å²) < 4.78 is 11.1. The van der Waals surface area contributed by atoms with Crippen LogP contribution in [0.15, 0.2) is 48.5 Å². The molecule has 1 fully saturated rings. The molecule has 0 unspecified atom stereocenters. The van der Waals surface area contributed by atoms with Crippen LogP contribution in [-0.4, -0.2) is 48.4 Å². The van der Waals surface area contributed by atoms with Crippen LogP contribution >= 0.6 is 0 Å². The molecule has 176 valence electrons. The molecule has 0 bridgehead atoms. The van der Waals surface area contributed by atoms with Crippen molar-refractivity contribution < 1.29 is 19.1 Å². The van der Waals surface area contributed by atoms with Gasteiger partial charge in [0.15, 0.2) is 0 Å². The number of hydrogen-bond donors (Lipinski definition) is 1. The second kappa shape index (κ2) is 9.46. The third-order valence-electron chi connectivity index (χ3n) is 6.59. The summed E-state index contributed by atoms with van der Waals surface area (Å²) in [5.41, 5.74) is 4.35. The molecule has 0 radical (unpaired) electrons. The Balaban J connectivity index is 1.29. The van der Waals surface area contributed by atoms with Crippen molar-refractivity contribution in [3.05, 3.63) is 59.7 Å². The highest BCUT2D eigenvalue weighted by atomic mass is 16.6. The Labute approximate surface area is 196 Å². The second-order valence-electron chi connectivity index (χ2n) is 10.1. The molecule has 6 heteroatoms. The van der Waals surface area contributed by atoms with Crippen molar-refractivity contribution in [3.63, 3.8) is 0 Å². The van der Waals surface area contributed by atoms with Crippen LogP contribution in [0.4, 0.5) is 9.59 Å². The van der Waals surface area contributed by atoms with Crippen LogP contribution in [0.3, 0.4) is 0 Å². The van der Waals surface area contributed by atoms with Crippen molar-refractivity contribution in [2.24, 2.45) is 0 Å². The van der Waals surface area contributed by atoms with Gasteiger partial charge in [-0.05, 0) is 68.7 Å². The lowest BCUT2D eigenvalue weighted by Gasteiger charge is -2.34. The third kappa shape index (κ3) is 5.32. The molecule has 0 aliphatic heterocycles. The second-order valence-corrected chi connectivity index (χ2v) is 10.1. The maximum absolute atomic E-state index is 12.9. The van der Waals surface area contributed by atoms with Gasteiger partial charge in [-0.1, -0.05) is 48.5 Å². The van der Waals surface area contributed by atoms with E-state index in [-0.39, 0.29) is 30.2 Å². The van der Waals surface area contributed by atoms with E-state index in [1.807, 2.05) is 52.1 Å². The van der Waals surface area contributed by atoms with Crippen LogP contribution in [0.2, 0.25) is 0 Å². The predicted molar refractivity (Wildman–Crippen MR) is 128 cm³/mol. The number of carbonyl (C=O) groups excluding carboxylic acids is 2. The summed E-state index contributed by atoms with van der Waals surface area (Å²) >= 11 is 0. The fraction of sp³-hybridized carbons (Fsp3) is 0.481. The number of fused-ring (bicyclic) bond motifs is 3. The van der Waals surface area contributed by atoms with Crippen molar-refractivity contribution in [2.45, 2.75) is 70.1 Å². The van der Waals surface area contributed by atoms with Crippen LogP contribution in [0.1, 0.15) is 63.5 Å². The smallest absolute Gasteiger partial charge is 0.409 e. The molecule has 4 rings (SSSR count). The highest BCUT2D eigenvalue weighted by Crippen LogP contribution is 2.44. The van der Waals surface area contributed by atoms with Gasteiger partial charge in [-0.25, -0.2) is 9.59 Å². The molecule has 2 amide bonds. The van der Waals surface area contributed by atoms with E-state index in [9.17, 15) is 9.59 Å². The van der Waals surface area contributed by atoms with Crippen molar-refractivity contribution in [3.8, 4) is 11.1 Å². The first-order chi connectivity index (χ1) is 15.7. The van der Waals surface area contributed by atoms with Gasteiger partial charge in [-0.2, -0.15) is 0 Å². The van der Waals surface area contributed by atoms with E-state index in [1.165, 1.54) is 22.3 Å². The first-order valence-electron chi connectivity index (χ1n) is 11.8. The molecule has 0 spiro atoms. The van der Waals surface area contributed by atoms with E-state index >= 15 is 0 Å². The highest BCUT2D eigenvalue weighted by Gasteiger charge is 2.32. The number of rotatable bonds is 4. The van der Waals surface area contributed by atoms with Gasteiger partial charge in [0.25, 0.3) is 0 Å². The van der Waals surface area contributed by atoms with Gasteiger partial charge in [-0.3, -0.25) is 0 Å². The van der Waals surface area contributed by atoms with Crippen LogP contribution in [0, 0.1) is 0 Å². The Bertz CT molecular complexity index is 960. The molecular formula is C27H34N2O4. The Hall–Kier alpha value is -3.02. The van der Waals surface area contributed by atoms with Crippen molar-refractivity contribution in [1.29, 1.82) is 0 Å². The number of amides is 2. The molecule has 0 saturated heterocycles. The predicted octanol–water partition coefficient (Wildman–Crippen LogP) is 5.70. The normalized spacial score (nSPS) is 19.9. The minimum absolute atomic E-state index is 0.0588. The molecule has 1 saturated carbocycles. The van der Waals surface area contributed by atoms with E-state index in [4.69, 9.17) is 9.47 Å². The number of alkyl carbamates (subject to hydrolysis) is 1. The van der Waals surface area contributed by atoms with Crippen LogP contribution in [-0.2, 0) is 9.47 Å². The number of nitrogens with one attached hydrogen (secondary N) is 1. The maximum atomic E-state index is 12.9. The summed E-state index contributed by atoms with van der Waals surface area (Å²) in [5.74, 6) is 0.0588. The van der Waals surface area contributed by atoms with Crippen molar-refractivity contribution in [1.82, 2.24) is 10.2 Å². The number of benzene rings is 2. The summed E-state index contributed by atoms with van der Waals surface area (Å²) in [7, 11) is 1.81. The number of carbonyl (C=O) groups is 2. The molecule has 33 heavy (non-hydrogen) atoms. The highest BCUT2D eigenvalue weighted by molar-refractivity contribution is 5.79. The average molecular weight is 451 g/mol. The van der Waals surface area contributed by atoms with Crippen molar-refractivity contribution in [2.75, 3.05) is 13.7 Å². The summed E-state index contributed by atoms with van der Waals surface area (Å²) in [4.78, 5) is 26.6. The standard InChI is InChI=1S/C27H34N2O4/c1-27(2,3)33-25(30)28-18-13-15-19(16-14-18)29(4)26(31)32-17-24-22-11-7-5-9-20(22)21-10-6-8-12-23(21)24/h5-12,18-19,24H,13-17H2,1-4H3,(H,28,30)/t18-,19-. The zero-order valence-electron chi connectivity index (χ0n) is 20.0. The Kier molecular flexibility index (Phi) is 6.63. The monoisotopic (exact) mass is 450 g/mol. The topological polar surface area (TPSA) is 67.9 Å². The summed E-state index contributed by atoms with van der Waals surface area (Å²) in [5, 5.41) is 2.95. The molecule has 2 aliphatic rings. The van der Waals surface area contributed by atoms with Gasteiger partial charge in [0.2, 0.25) is 0 Å². The number of nitrogens with zero attached hydrogens (tertiary/aromatic N) is 1. The van der Waals surface area contributed by atoms with E-state index in [1.54, 1.807) is 4.90 Å². The Morgan fingerprint density at radius 1 is 0.939 bits per heavy atom. The molecule has 0 aromatic heterocycles. The molecule has 0 heterocycles. The quantitative estimate of drug-likeness (QED) is 0.648. The van der Waals surface area contributed by atoms with Gasteiger partial charge in [0, 0.05) is 25.0 Å². The lowest BCUT2D eigenvalue weighted by molar-refractivity contribution is 0.0471. The van der Waals surface area contributed by atoms with Crippen LogP contribution in [0.25, 0.3) is 11.1 Å². The Morgan fingerprint density at radius 2 is 1.48 bits per heavy atom. The Morgan fingerprint density at radius 3 is 2.03 bits per heavy atom. The summed E-state index contributed by atoms with van der Waals surface area (Å²) in [6, 6.07) is 16.9. The zero-order valence-corrected chi connectivity index (χ0v) is 20.0. The molecule has 2 aromatic carbocycles. The summed E-state index contributed by atoms with van der Waals surface area (Å²) in [6.45, 7) is 5.89. The van der Waals surface area contributed by atoms with Gasteiger partial charge in [0.05, 0.1) is 0 Å². The minimum Gasteiger partial charge on any atom is -0.448 e. The van der Waals surface area contributed by atoms with Crippen LogP contribution < -0.4 is 5.32 Å². The minimum atomic E-state index is -0.508. The van der Waals surface area contributed by atoms with Gasteiger partial charge >= 0.3 is 12.2 Å². The third-order valence-corrected chi connectivity index (χ3v) is 6.59. The number of ether oxygens (including phenoxy) is 2. The SMILES string of the molecule is CN(C(=O)OCC1c2ccccc2-c2ccccc21)[C@H]1CC[C@H](NC(=O)OC(C)(C)C)CC1. The van der Waals surface area contributed by atoms with E-state index in [0.717, 1.165) is 25.7 Å². The van der Waals surface area contributed by atoms with Gasteiger partial charge in [-0.15, -0.1) is 0 Å². The zero-order chi connectivity index (χ0) is 23.6. The fourth-order valence-corrected chi connectivity index (χ4v) is 4.93. The largest absolute Gasteiger partial charge is 0.448 e. The molecular weight excluding hydrogens is 416 g/mol. The fourth-order valence-electron chi connectivity index (χ4n) is 4.93. The maximum Gasteiger partial charge on any atom is 0.409 e. The lowest BCUT2D eigenvalue weighted by Crippen LogP contribution is -2.45. The molecule has 0 atom stereocenters. The average Bonchev–Trinajstić information content (AvgIpc) is 3.10. The molecule has 6 nitrogen and oxygen atoms in total. The summed E-state index contributed by atoms with van der Waals surface area (Å²) in [6.07, 6.45) is 2.59. The van der Waals surface area contributed by atoms with Gasteiger partial charge in [0.1, 0.15) is 12.2 Å². The molecule has 1 N–H and O–H groups in total. The number of hydrogen-bond acceptors (Lipinski definition) is 4. The van der Waals surface area contributed by atoms with E-state index in [0.29, 0.717) is 6.61 Å². The first kappa shape index (κ1) is 23.1. The van der Waals surface area contributed by atoms with E-state index < -0.39 is 5.60 Å². The van der Waals surface area contributed by atoms with E-state index in [2.05, 4.69) is 29.6 Å². The molecule has 2 aliphatic carbocycles. The first-order valence-corrected chi connectivity index (χ1v) is 11.8. The van der Waals surface area contributed by atoms with Crippen LogP contribution in [0.5, 0.6) is 0 Å². The lowest BCUT2D eigenvalue weighted by atomic mass is 9.90.